The third-order valence-electron chi connectivity index (χ3n) is 4.66. The first-order valence-corrected chi connectivity index (χ1v) is 11.4. The Morgan fingerprint density at radius 2 is 1.64 bits per heavy atom. The van der Waals surface area contributed by atoms with E-state index in [9.17, 15) is 9.59 Å². The first kappa shape index (κ1) is 24.6. The number of hydrogen-bond donors (Lipinski definition) is 0. The molecule has 172 valence electrons. The maximum atomic E-state index is 12.3. The topological polar surface area (TPSA) is 61.8 Å². The summed E-state index contributed by atoms with van der Waals surface area (Å²) in [6.07, 6.45) is 2.16. The molecule has 5 nitrogen and oxygen atoms in total. The molecular weight excluding hydrogens is 463 g/mol. The molecule has 0 fully saturated rings. The fraction of sp³-hybridized carbons (Fsp3) is 0.231. The van der Waals surface area contributed by atoms with E-state index < -0.39 is 11.9 Å². The molecule has 0 radical (unpaired) electrons. The lowest BCUT2D eigenvalue weighted by molar-refractivity contribution is -0.134. The third kappa shape index (κ3) is 8.44. The standard InChI is InChI=1S/C26H24Cl2O5/c27-21-13-14-24(23(28)18-21)31-15-6-12-25(29)33-22-11-4-10-20(17-22)26(30)32-16-5-9-19-7-2-1-3-8-19/h1-4,7-8,10-11,13-14,17-18H,5-6,9,12,15-16H2. The van der Waals surface area contributed by atoms with Gasteiger partial charge in [0.05, 0.1) is 23.8 Å². The van der Waals surface area contributed by atoms with Gasteiger partial charge < -0.3 is 14.2 Å². The number of benzene rings is 3. The van der Waals surface area contributed by atoms with E-state index in [1.165, 1.54) is 11.6 Å². The van der Waals surface area contributed by atoms with Crippen LogP contribution >= 0.6 is 23.2 Å². The predicted octanol–water partition coefficient (Wildman–Crippen LogP) is 6.55. The van der Waals surface area contributed by atoms with Crippen LogP contribution in [-0.4, -0.2) is 25.2 Å². The Kier molecular flexibility index (Phi) is 9.60. The second-order valence-corrected chi connectivity index (χ2v) is 8.10. The Morgan fingerprint density at radius 3 is 2.42 bits per heavy atom. The molecule has 3 rings (SSSR count). The molecule has 3 aromatic carbocycles. The monoisotopic (exact) mass is 486 g/mol. The minimum absolute atomic E-state index is 0.152. The van der Waals surface area contributed by atoms with Crippen molar-refractivity contribution in [3.8, 4) is 11.5 Å². The van der Waals surface area contributed by atoms with Crippen molar-refractivity contribution >= 4 is 35.1 Å². The van der Waals surface area contributed by atoms with Gasteiger partial charge in [-0.05, 0) is 61.2 Å². The maximum absolute atomic E-state index is 12.3. The number of esters is 2. The molecule has 0 aliphatic carbocycles. The van der Waals surface area contributed by atoms with Crippen molar-refractivity contribution in [3.63, 3.8) is 0 Å². The highest BCUT2D eigenvalue weighted by molar-refractivity contribution is 6.35. The zero-order chi connectivity index (χ0) is 23.5. The highest BCUT2D eigenvalue weighted by atomic mass is 35.5. The van der Waals surface area contributed by atoms with Crippen LogP contribution in [0.1, 0.15) is 35.2 Å². The van der Waals surface area contributed by atoms with Crippen molar-refractivity contribution in [2.24, 2.45) is 0 Å². The maximum Gasteiger partial charge on any atom is 0.338 e. The molecule has 0 saturated carbocycles. The molecule has 3 aromatic rings. The van der Waals surface area contributed by atoms with Crippen molar-refractivity contribution in [2.45, 2.75) is 25.7 Å². The van der Waals surface area contributed by atoms with Crippen molar-refractivity contribution in [1.29, 1.82) is 0 Å². The molecule has 0 aliphatic heterocycles. The zero-order valence-electron chi connectivity index (χ0n) is 18.0. The lowest BCUT2D eigenvalue weighted by atomic mass is 10.1. The highest BCUT2D eigenvalue weighted by Crippen LogP contribution is 2.27. The smallest absolute Gasteiger partial charge is 0.338 e. The van der Waals surface area contributed by atoms with E-state index in [-0.39, 0.29) is 6.42 Å². The lowest BCUT2D eigenvalue weighted by Gasteiger charge is -2.09. The number of rotatable bonds is 11. The van der Waals surface area contributed by atoms with E-state index in [0.717, 1.165) is 12.8 Å². The molecule has 0 heterocycles. The van der Waals surface area contributed by atoms with E-state index in [2.05, 4.69) is 0 Å². The van der Waals surface area contributed by atoms with Crippen LogP contribution in [0.4, 0.5) is 0 Å². The third-order valence-corrected chi connectivity index (χ3v) is 5.19. The van der Waals surface area contributed by atoms with Crippen LogP contribution < -0.4 is 9.47 Å². The minimum atomic E-state index is -0.450. The van der Waals surface area contributed by atoms with E-state index in [1.807, 2.05) is 30.3 Å². The highest BCUT2D eigenvalue weighted by Gasteiger charge is 2.11. The van der Waals surface area contributed by atoms with E-state index >= 15 is 0 Å². The molecule has 0 amide bonds. The van der Waals surface area contributed by atoms with Gasteiger partial charge in [-0.2, -0.15) is 0 Å². The summed E-state index contributed by atoms with van der Waals surface area (Å²) in [5, 5.41) is 0.933. The fourth-order valence-electron chi connectivity index (χ4n) is 3.03. The molecule has 0 N–H and O–H groups in total. The van der Waals surface area contributed by atoms with Gasteiger partial charge in [-0.1, -0.05) is 59.6 Å². The first-order valence-electron chi connectivity index (χ1n) is 10.6. The summed E-state index contributed by atoms with van der Waals surface area (Å²) in [7, 11) is 0. The van der Waals surface area contributed by atoms with E-state index in [4.69, 9.17) is 37.4 Å². The summed E-state index contributed by atoms with van der Waals surface area (Å²) in [4.78, 5) is 24.4. The van der Waals surface area contributed by atoms with Gasteiger partial charge in [0.2, 0.25) is 0 Å². The first-order chi connectivity index (χ1) is 16.0. The summed E-state index contributed by atoms with van der Waals surface area (Å²) in [5.74, 6) is -0.0757. The van der Waals surface area contributed by atoms with Crippen LogP contribution in [0.25, 0.3) is 0 Å². The average Bonchev–Trinajstić information content (AvgIpc) is 2.81. The summed E-state index contributed by atoms with van der Waals surface area (Å²) >= 11 is 11.9. The number of aryl methyl sites for hydroxylation is 1. The molecule has 0 bridgehead atoms. The molecule has 0 aromatic heterocycles. The summed E-state index contributed by atoms with van der Waals surface area (Å²) in [6.45, 7) is 0.612. The van der Waals surface area contributed by atoms with Gasteiger partial charge in [0.25, 0.3) is 0 Å². The second-order valence-electron chi connectivity index (χ2n) is 7.25. The average molecular weight is 487 g/mol. The molecule has 0 aliphatic rings. The lowest BCUT2D eigenvalue weighted by Crippen LogP contribution is -2.11. The number of carbonyl (C=O) groups is 2. The van der Waals surface area contributed by atoms with E-state index in [0.29, 0.717) is 46.7 Å². The molecule has 0 spiro atoms. The van der Waals surface area contributed by atoms with Crippen LogP contribution in [0.5, 0.6) is 11.5 Å². The quantitative estimate of drug-likeness (QED) is 0.174. The Morgan fingerprint density at radius 1 is 0.818 bits per heavy atom. The number of hydrogen-bond acceptors (Lipinski definition) is 5. The summed E-state index contributed by atoms with van der Waals surface area (Å²) < 4.78 is 16.2. The molecule has 0 atom stereocenters. The van der Waals surface area contributed by atoms with Crippen molar-refractivity contribution in [2.75, 3.05) is 13.2 Å². The van der Waals surface area contributed by atoms with Gasteiger partial charge in [-0.25, -0.2) is 4.79 Å². The van der Waals surface area contributed by atoms with Gasteiger partial charge in [0, 0.05) is 11.4 Å². The fourth-order valence-corrected chi connectivity index (χ4v) is 3.49. The van der Waals surface area contributed by atoms with Crippen LogP contribution in [0.15, 0.2) is 72.8 Å². The van der Waals surface area contributed by atoms with Crippen LogP contribution in [0, 0.1) is 0 Å². The van der Waals surface area contributed by atoms with Crippen molar-refractivity contribution < 1.29 is 23.8 Å². The molecule has 0 saturated heterocycles. The Balaban J connectivity index is 1.38. The molecule has 33 heavy (non-hydrogen) atoms. The summed E-state index contributed by atoms with van der Waals surface area (Å²) in [5.41, 5.74) is 1.53. The second kappa shape index (κ2) is 12.9. The molecule has 7 heteroatoms. The van der Waals surface area contributed by atoms with Crippen molar-refractivity contribution in [1.82, 2.24) is 0 Å². The van der Waals surface area contributed by atoms with Gasteiger partial charge >= 0.3 is 11.9 Å². The number of ether oxygens (including phenoxy) is 3. The van der Waals surface area contributed by atoms with Crippen molar-refractivity contribution in [3.05, 3.63) is 94.0 Å². The normalized spacial score (nSPS) is 10.5. The van der Waals surface area contributed by atoms with Crippen LogP contribution in [0.2, 0.25) is 10.0 Å². The predicted molar refractivity (Wildman–Crippen MR) is 128 cm³/mol. The van der Waals surface area contributed by atoms with E-state index in [1.54, 1.807) is 36.4 Å². The van der Waals surface area contributed by atoms with Gasteiger partial charge in [-0.15, -0.1) is 0 Å². The molecule has 0 unspecified atom stereocenters. The number of halogens is 2. The Bertz CT molecular complexity index is 1070. The largest absolute Gasteiger partial charge is 0.492 e. The minimum Gasteiger partial charge on any atom is -0.492 e. The molecular formula is C26H24Cl2O5. The number of carbonyl (C=O) groups excluding carboxylic acids is 2. The summed E-state index contributed by atoms with van der Waals surface area (Å²) in [6, 6.07) is 21.4. The van der Waals surface area contributed by atoms with Crippen LogP contribution in [-0.2, 0) is 16.0 Å². The SMILES string of the molecule is O=C(CCCOc1ccc(Cl)cc1Cl)Oc1cccc(C(=O)OCCCc2ccccc2)c1. The Hall–Kier alpha value is -3.02. The van der Waals surface area contributed by atoms with Crippen LogP contribution in [0.3, 0.4) is 0 Å². The van der Waals surface area contributed by atoms with Gasteiger partial charge in [-0.3, -0.25) is 4.79 Å². The zero-order valence-corrected chi connectivity index (χ0v) is 19.5. The van der Waals surface area contributed by atoms with Gasteiger partial charge in [0.1, 0.15) is 11.5 Å². The Labute approximate surface area is 203 Å². The van der Waals surface area contributed by atoms with Gasteiger partial charge in [0.15, 0.2) is 0 Å².